The van der Waals surface area contributed by atoms with Crippen LogP contribution in [0.3, 0.4) is 0 Å². The molecule has 0 unspecified atom stereocenters. The highest BCUT2D eigenvalue weighted by atomic mass is 16.2. The minimum atomic E-state index is 0.100. The van der Waals surface area contributed by atoms with Gasteiger partial charge in [-0.15, -0.1) is 0 Å². The first kappa shape index (κ1) is 13.7. The Hall–Kier alpha value is -1.35. The van der Waals surface area contributed by atoms with Gasteiger partial charge in [-0.1, -0.05) is 32.0 Å². The molecular weight excluding hydrogens is 212 g/mol. The van der Waals surface area contributed by atoms with Crippen LogP contribution in [0.2, 0.25) is 0 Å². The molecule has 0 heterocycles. The van der Waals surface area contributed by atoms with Gasteiger partial charge in [-0.2, -0.15) is 0 Å². The molecule has 3 nitrogen and oxygen atoms in total. The van der Waals surface area contributed by atoms with E-state index in [9.17, 15) is 4.79 Å². The van der Waals surface area contributed by atoms with Crippen LogP contribution < -0.4 is 10.6 Å². The summed E-state index contributed by atoms with van der Waals surface area (Å²) in [4.78, 5) is 13.8. The summed E-state index contributed by atoms with van der Waals surface area (Å²) in [7, 11) is 0. The number of carbonyl (C=O) groups is 1. The van der Waals surface area contributed by atoms with Gasteiger partial charge < -0.3 is 10.6 Å². The summed E-state index contributed by atoms with van der Waals surface area (Å²) in [5.74, 6) is 0.508. The molecule has 0 aliphatic rings. The van der Waals surface area contributed by atoms with Crippen molar-refractivity contribution in [2.24, 2.45) is 5.73 Å². The van der Waals surface area contributed by atoms with Gasteiger partial charge in [0, 0.05) is 25.2 Å². The maximum atomic E-state index is 12.0. The first-order valence-electron chi connectivity index (χ1n) is 6.21. The fourth-order valence-electron chi connectivity index (χ4n) is 1.96. The predicted octanol–water partition coefficient (Wildman–Crippen LogP) is 2.51. The van der Waals surface area contributed by atoms with Gasteiger partial charge in [0.05, 0.1) is 0 Å². The SMILES string of the molecule is CCN(C(=O)CCN)c1ccccc1C(C)C. The largest absolute Gasteiger partial charge is 0.330 e. The summed E-state index contributed by atoms with van der Waals surface area (Å²) < 4.78 is 0. The van der Waals surface area contributed by atoms with Crippen molar-refractivity contribution in [3.8, 4) is 0 Å². The molecule has 1 amide bonds. The van der Waals surface area contributed by atoms with E-state index < -0.39 is 0 Å². The summed E-state index contributed by atoms with van der Waals surface area (Å²) in [6, 6.07) is 8.07. The van der Waals surface area contributed by atoms with Crippen molar-refractivity contribution in [1.82, 2.24) is 0 Å². The van der Waals surface area contributed by atoms with Crippen molar-refractivity contribution < 1.29 is 4.79 Å². The number of amides is 1. The van der Waals surface area contributed by atoms with Gasteiger partial charge >= 0.3 is 0 Å². The molecule has 0 aliphatic carbocycles. The van der Waals surface area contributed by atoms with Crippen LogP contribution in [0.25, 0.3) is 0 Å². The Morgan fingerprint density at radius 2 is 2.00 bits per heavy atom. The number of para-hydroxylation sites is 1. The number of hydrogen-bond acceptors (Lipinski definition) is 2. The maximum Gasteiger partial charge on any atom is 0.228 e. The average Bonchev–Trinajstić information content (AvgIpc) is 2.31. The lowest BCUT2D eigenvalue weighted by Gasteiger charge is -2.25. The molecule has 0 saturated carbocycles. The average molecular weight is 234 g/mol. The van der Waals surface area contributed by atoms with Crippen LogP contribution >= 0.6 is 0 Å². The fourth-order valence-corrected chi connectivity index (χ4v) is 1.96. The van der Waals surface area contributed by atoms with Crippen molar-refractivity contribution in [2.75, 3.05) is 18.0 Å². The van der Waals surface area contributed by atoms with Crippen molar-refractivity contribution >= 4 is 11.6 Å². The quantitative estimate of drug-likeness (QED) is 0.851. The second-order valence-electron chi connectivity index (χ2n) is 4.39. The number of nitrogens with zero attached hydrogens (tertiary/aromatic N) is 1. The van der Waals surface area contributed by atoms with Crippen LogP contribution in [0.4, 0.5) is 5.69 Å². The van der Waals surface area contributed by atoms with E-state index in [2.05, 4.69) is 19.9 Å². The van der Waals surface area contributed by atoms with Crippen LogP contribution in [0, 0.1) is 0 Å². The van der Waals surface area contributed by atoms with E-state index in [1.54, 1.807) is 0 Å². The van der Waals surface area contributed by atoms with E-state index in [1.807, 2.05) is 30.0 Å². The molecule has 94 valence electrons. The first-order chi connectivity index (χ1) is 8.11. The molecule has 17 heavy (non-hydrogen) atoms. The van der Waals surface area contributed by atoms with Crippen LogP contribution in [-0.2, 0) is 4.79 Å². The van der Waals surface area contributed by atoms with Crippen LogP contribution in [0.1, 0.15) is 38.7 Å². The number of rotatable bonds is 5. The molecule has 0 aromatic heterocycles. The van der Waals surface area contributed by atoms with Gasteiger partial charge in [-0.25, -0.2) is 0 Å². The summed E-state index contributed by atoms with van der Waals surface area (Å²) >= 11 is 0. The number of nitrogens with two attached hydrogens (primary N) is 1. The Morgan fingerprint density at radius 3 is 2.53 bits per heavy atom. The van der Waals surface area contributed by atoms with Crippen LogP contribution in [0.5, 0.6) is 0 Å². The van der Waals surface area contributed by atoms with Gasteiger partial charge in [0.2, 0.25) is 5.91 Å². The van der Waals surface area contributed by atoms with E-state index in [1.165, 1.54) is 5.56 Å². The molecule has 3 heteroatoms. The second kappa shape index (κ2) is 6.40. The first-order valence-corrected chi connectivity index (χ1v) is 6.21. The minimum Gasteiger partial charge on any atom is -0.330 e. The lowest BCUT2D eigenvalue weighted by atomic mass is 10.0. The van der Waals surface area contributed by atoms with Gasteiger partial charge in [0.1, 0.15) is 0 Å². The van der Waals surface area contributed by atoms with E-state index >= 15 is 0 Å². The zero-order valence-electron chi connectivity index (χ0n) is 10.9. The topological polar surface area (TPSA) is 46.3 Å². The van der Waals surface area contributed by atoms with Crippen molar-refractivity contribution in [1.29, 1.82) is 0 Å². The highest BCUT2D eigenvalue weighted by Crippen LogP contribution is 2.27. The number of benzene rings is 1. The fraction of sp³-hybridized carbons (Fsp3) is 0.500. The van der Waals surface area contributed by atoms with Crippen LogP contribution in [-0.4, -0.2) is 19.0 Å². The molecule has 0 aliphatic heterocycles. The molecular formula is C14H22N2O. The summed E-state index contributed by atoms with van der Waals surface area (Å²) in [5, 5.41) is 0. The van der Waals surface area contributed by atoms with E-state index in [0.717, 1.165) is 5.69 Å². The molecule has 0 atom stereocenters. The third-order valence-electron chi connectivity index (χ3n) is 2.83. The monoisotopic (exact) mass is 234 g/mol. The van der Waals surface area contributed by atoms with E-state index in [-0.39, 0.29) is 5.91 Å². The Labute approximate surface area is 104 Å². The smallest absolute Gasteiger partial charge is 0.228 e. The van der Waals surface area contributed by atoms with Crippen LogP contribution in [0.15, 0.2) is 24.3 Å². The van der Waals surface area contributed by atoms with Crippen molar-refractivity contribution in [2.45, 2.75) is 33.1 Å². The molecule has 0 spiro atoms. The molecule has 2 N–H and O–H groups in total. The molecule has 1 rings (SSSR count). The second-order valence-corrected chi connectivity index (χ2v) is 4.39. The number of anilines is 1. The summed E-state index contributed by atoms with van der Waals surface area (Å²) in [6.45, 7) is 7.35. The van der Waals surface area contributed by atoms with E-state index in [4.69, 9.17) is 5.73 Å². The van der Waals surface area contributed by atoms with Gasteiger partial charge in [0.15, 0.2) is 0 Å². The van der Waals surface area contributed by atoms with Gasteiger partial charge in [0.25, 0.3) is 0 Å². The lowest BCUT2D eigenvalue weighted by Crippen LogP contribution is -2.32. The lowest BCUT2D eigenvalue weighted by molar-refractivity contribution is -0.118. The normalized spacial score (nSPS) is 10.6. The molecule has 0 bridgehead atoms. The Bertz CT molecular complexity index is 374. The van der Waals surface area contributed by atoms with Crippen molar-refractivity contribution in [3.63, 3.8) is 0 Å². The minimum absolute atomic E-state index is 0.100. The zero-order chi connectivity index (χ0) is 12.8. The van der Waals surface area contributed by atoms with E-state index in [0.29, 0.717) is 25.4 Å². The highest BCUT2D eigenvalue weighted by Gasteiger charge is 2.17. The van der Waals surface area contributed by atoms with Crippen molar-refractivity contribution in [3.05, 3.63) is 29.8 Å². The molecule has 0 saturated heterocycles. The zero-order valence-corrected chi connectivity index (χ0v) is 10.9. The number of hydrogen-bond donors (Lipinski definition) is 1. The third kappa shape index (κ3) is 3.30. The summed E-state index contributed by atoms with van der Waals surface area (Å²) in [6.07, 6.45) is 0.403. The summed E-state index contributed by atoms with van der Waals surface area (Å²) in [5.41, 5.74) is 7.68. The molecule has 1 aromatic rings. The van der Waals surface area contributed by atoms with Gasteiger partial charge in [-0.05, 0) is 24.5 Å². The standard InChI is InChI=1S/C14H22N2O/c1-4-16(14(17)9-10-15)13-8-6-5-7-12(13)11(2)3/h5-8,11H,4,9-10,15H2,1-3H3. The Kier molecular flexibility index (Phi) is 5.16. The third-order valence-corrected chi connectivity index (χ3v) is 2.83. The van der Waals surface area contributed by atoms with Gasteiger partial charge in [-0.3, -0.25) is 4.79 Å². The highest BCUT2D eigenvalue weighted by molar-refractivity contribution is 5.94. The molecule has 0 radical (unpaired) electrons. The number of carbonyl (C=O) groups excluding carboxylic acids is 1. The molecule has 0 fully saturated rings. The Morgan fingerprint density at radius 1 is 1.35 bits per heavy atom. The maximum absolute atomic E-state index is 12.0. The predicted molar refractivity (Wildman–Crippen MR) is 72.2 cm³/mol. The Balaban J connectivity index is 3.07. The molecule has 1 aromatic carbocycles.